The summed E-state index contributed by atoms with van der Waals surface area (Å²) in [6, 6.07) is 4.05. The Labute approximate surface area is 94.6 Å². The zero-order chi connectivity index (χ0) is 11.5. The Morgan fingerprint density at radius 1 is 1.38 bits per heavy atom. The van der Waals surface area contributed by atoms with Gasteiger partial charge in [0.15, 0.2) is 0 Å². The fourth-order valence-electron chi connectivity index (χ4n) is 1.92. The highest BCUT2D eigenvalue weighted by Gasteiger charge is 2.12. The summed E-state index contributed by atoms with van der Waals surface area (Å²) in [7, 11) is 1.66. The first-order valence-electron chi connectivity index (χ1n) is 5.48. The molecule has 1 N–H and O–H groups in total. The average Bonchev–Trinajstić information content (AvgIpc) is 2.72. The van der Waals surface area contributed by atoms with E-state index in [1.54, 1.807) is 13.4 Å². The number of benzene rings is 1. The Hall–Kier alpha value is -1.48. The van der Waals surface area contributed by atoms with E-state index in [0.717, 1.165) is 28.7 Å². The molecule has 0 bridgehead atoms. The summed E-state index contributed by atoms with van der Waals surface area (Å²) in [5.74, 6) is 0.826. The molecule has 0 aliphatic rings. The van der Waals surface area contributed by atoms with Gasteiger partial charge in [0.1, 0.15) is 11.3 Å². The molecule has 0 radical (unpaired) electrons. The third-order valence-corrected chi connectivity index (χ3v) is 2.78. The predicted octanol–water partition coefficient (Wildman–Crippen LogP) is 2.54. The van der Waals surface area contributed by atoms with Crippen LogP contribution in [0.2, 0.25) is 0 Å². The third kappa shape index (κ3) is 1.78. The van der Waals surface area contributed by atoms with Crippen molar-refractivity contribution in [1.82, 2.24) is 0 Å². The van der Waals surface area contributed by atoms with Crippen molar-refractivity contribution in [2.24, 2.45) is 0 Å². The summed E-state index contributed by atoms with van der Waals surface area (Å²) < 4.78 is 10.9. The van der Waals surface area contributed by atoms with E-state index in [2.05, 4.69) is 6.92 Å². The third-order valence-electron chi connectivity index (χ3n) is 2.78. The lowest BCUT2D eigenvalue weighted by atomic mass is 10.1. The fraction of sp³-hybridized carbons (Fsp3) is 0.385. The van der Waals surface area contributed by atoms with Gasteiger partial charge in [-0.05, 0) is 30.5 Å². The van der Waals surface area contributed by atoms with Crippen molar-refractivity contribution in [1.29, 1.82) is 0 Å². The predicted molar refractivity (Wildman–Crippen MR) is 62.9 cm³/mol. The fourth-order valence-corrected chi connectivity index (χ4v) is 1.92. The number of aryl methyl sites for hydroxylation is 1. The number of fused-ring (bicyclic) bond motifs is 1. The van der Waals surface area contributed by atoms with Gasteiger partial charge >= 0.3 is 0 Å². The molecule has 0 spiro atoms. The molecule has 2 rings (SSSR count). The number of aliphatic hydroxyl groups is 1. The topological polar surface area (TPSA) is 42.6 Å². The van der Waals surface area contributed by atoms with E-state index >= 15 is 0 Å². The van der Waals surface area contributed by atoms with Crippen LogP contribution in [0.5, 0.6) is 5.75 Å². The van der Waals surface area contributed by atoms with Gasteiger partial charge in [0.2, 0.25) is 0 Å². The molecule has 0 atom stereocenters. The maximum absolute atomic E-state index is 8.98. The first-order chi connectivity index (χ1) is 7.80. The molecule has 2 aromatic rings. The first-order valence-corrected chi connectivity index (χ1v) is 5.48. The monoisotopic (exact) mass is 220 g/mol. The molecule has 3 nitrogen and oxygen atoms in total. The number of furan rings is 1. The van der Waals surface area contributed by atoms with Crippen LogP contribution in [-0.4, -0.2) is 18.8 Å². The van der Waals surface area contributed by atoms with Gasteiger partial charge in [-0.1, -0.05) is 6.92 Å². The van der Waals surface area contributed by atoms with E-state index in [4.69, 9.17) is 14.3 Å². The zero-order valence-electron chi connectivity index (χ0n) is 9.62. The van der Waals surface area contributed by atoms with Gasteiger partial charge in [-0.25, -0.2) is 0 Å². The van der Waals surface area contributed by atoms with Crippen LogP contribution in [0.4, 0.5) is 0 Å². The maximum Gasteiger partial charge on any atom is 0.138 e. The van der Waals surface area contributed by atoms with E-state index in [0.29, 0.717) is 6.42 Å². The van der Waals surface area contributed by atoms with Gasteiger partial charge in [0.05, 0.1) is 18.8 Å². The van der Waals surface area contributed by atoms with E-state index in [1.165, 1.54) is 5.56 Å². The summed E-state index contributed by atoms with van der Waals surface area (Å²) in [6.45, 7) is 2.21. The summed E-state index contributed by atoms with van der Waals surface area (Å²) in [5, 5.41) is 9.96. The molecule has 0 unspecified atom stereocenters. The largest absolute Gasteiger partial charge is 0.496 e. The van der Waals surface area contributed by atoms with Crippen LogP contribution in [-0.2, 0) is 12.8 Å². The van der Waals surface area contributed by atoms with Crippen LogP contribution in [0.3, 0.4) is 0 Å². The molecular formula is C13H16O3. The lowest BCUT2D eigenvalue weighted by Crippen LogP contribution is -1.92. The number of aliphatic hydroxyl groups excluding tert-OH is 1. The Kier molecular flexibility index (Phi) is 3.15. The van der Waals surface area contributed by atoms with E-state index in [-0.39, 0.29) is 6.61 Å². The summed E-state index contributed by atoms with van der Waals surface area (Å²) >= 11 is 0. The molecule has 0 saturated carbocycles. The van der Waals surface area contributed by atoms with Crippen molar-refractivity contribution < 1.29 is 14.3 Å². The van der Waals surface area contributed by atoms with Gasteiger partial charge in [-0.2, -0.15) is 0 Å². The number of hydrogen-bond acceptors (Lipinski definition) is 3. The molecule has 0 aliphatic heterocycles. The minimum Gasteiger partial charge on any atom is -0.496 e. The van der Waals surface area contributed by atoms with Gasteiger partial charge in [-0.15, -0.1) is 0 Å². The molecule has 1 aromatic heterocycles. The van der Waals surface area contributed by atoms with Crippen molar-refractivity contribution >= 4 is 11.0 Å². The van der Waals surface area contributed by atoms with Crippen LogP contribution in [0.25, 0.3) is 11.0 Å². The molecule has 3 heteroatoms. The molecule has 0 saturated heterocycles. The first kappa shape index (κ1) is 11.0. The summed E-state index contributed by atoms with van der Waals surface area (Å²) in [6.07, 6.45) is 3.24. The highest BCUT2D eigenvalue weighted by Crippen LogP contribution is 2.32. The number of methoxy groups -OCH3 is 1. The van der Waals surface area contributed by atoms with E-state index in [1.807, 2.05) is 12.1 Å². The van der Waals surface area contributed by atoms with Crippen molar-refractivity contribution in [2.75, 3.05) is 13.7 Å². The van der Waals surface area contributed by atoms with E-state index < -0.39 is 0 Å². The van der Waals surface area contributed by atoms with Gasteiger partial charge < -0.3 is 14.3 Å². The second kappa shape index (κ2) is 4.58. The van der Waals surface area contributed by atoms with Crippen molar-refractivity contribution in [3.63, 3.8) is 0 Å². The zero-order valence-corrected chi connectivity index (χ0v) is 9.62. The highest BCUT2D eigenvalue weighted by molar-refractivity contribution is 5.88. The van der Waals surface area contributed by atoms with Gasteiger partial charge in [0.25, 0.3) is 0 Å². The molecule has 0 fully saturated rings. The van der Waals surface area contributed by atoms with Crippen LogP contribution in [0.1, 0.15) is 18.1 Å². The summed E-state index contributed by atoms with van der Waals surface area (Å²) in [5.41, 5.74) is 3.02. The molecule has 0 amide bonds. The second-order valence-corrected chi connectivity index (χ2v) is 3.76. The Balaban J connectivity index is 2.62. The number of hydrogen-bond donors (Lipinski definition) is 1. The van der Waals surface area contributed by atoms with Crippen molar-refractivity contribution in [3.8, 4) is 5.75 Å². The SMILES string of the molecule is CCc1cc(OC)c2c(CCO)coc2c1. The maximum atomic E-state index is 8.98. The van der Waals surface area contributed by atoms with Crippen LogP contribution in [0, 0.1) is 0 Å². The van der Waals surface area contributed by atoms with Gasteiger partial charge in [0, 0.05) is 12.2 Å². The summed E-state index contributed by atoms with van der Waals surface area (Å²) in [4.78, 5) is 0. The highest BCUT2D eigenvalue weighted by atomic mass is 16.5. The van der Waals surface area contributed by atoms with Crippen LogP contribution < -0.4 is 4.74 Å². The van der Waals surface area contributed by atoms with Crippen LogP contribution in [0.15, 0.2) is 22.8 Å². The minimum absolute atomic E-state index is 0.118. The number of ether oxygens (including phenoxy) is 1. The standard InChI is InChI=1S/C13H16O3/c1-3-9-6-11(15-2)13-10(4-5-14)8-16-12(13)7-9/h6-8,14H,3-5H2,1-2H3. The number of rotatable bonds is 4. The van der Waals surface area contributed by atoms with Crippen LogP contribution >= 0.6 is 0 Å². The quantitative estimate of drug-likeness (QED) is 0.861. The molecule has 86 valence electrons. The molecule has 16 heavy (non-hydrogen) atoms. The molecule has 1 aromatic carbocycles. The van der Waals surface area contributed by atoms with E-state index in [9.17, 15) is 0 Å². The minimum atomic E-state index is 0.118. The molecular weight excluding hydrogens is 204 g/mol. The Bertz CT molecular complexity index is 485. The Morgan fingerprint density at radius 2 is 2.19 bits per heavy atom. The molecule has 0 aliphatic carbocycles. The lowest BCUT2D eigenvalue weighted by Gasteiger charge is -2.05. The van der Waals surface area contributed by atoms with Crippen molar-refractivity contribution in [3.05, 3.63) is 29.5 Å². The Morgan fingerprint density at radius 3 is 2.81 bits per heavy atom. The average molecular weight is 220 g/mol. The molecule has 1 heterocycles. The van der Waals surface area contributed by atoms with Crippen molar-refractivity contribution in [2.45, 2.75) is 19.8 Å². The van der Waals surface area contributed by atoms with Gasteiger partial charge in [-0.3, -0.25) is 0 Å². The lowest BCUT2D eigenvalue weighted by molar-refractivity contribution is 0.299. The smallest absolute Gasteiger partial charge is 0.138 e. The second-order valence-electron chi connectivity index (χ2n) is 3.76. The normalized spacial score (nSPS) is 10.9.